The first-order valence-corrected chi connectivity index (χ1v) is 6.10. The number of para-hydroxylation sites is 1. The van der Waals surface area contributed by atoms with Crippen LogP contribution in [0.3, 0.4) is 0 Å². The van der Waals surface area contributed by atoms with Gasteiger partial charge in [0.1, 0.15) is 11.4 Å². The van der Waals surface area contributed by atoms with E-state index < -0.39 is 5.60 Å². The van der Waals surface area contributed by atoms with Gasteiger partial charge in [0, 0.05) is 11.1 Å². The van der Waals surface area contributed by atoms with Gasteiger partial charge < -0.3 is 5.11 Å². The van der Waals surface area contributed by atoms with E-state index in [0.717, 1.165) is 15.9 Å². The zero-order valence-electron chi connectivity index (χ0n) is 9.34. The molecule has 0 radical (unpaired) electrons. The number of thioether (sulfide) groups is 1. The predicted molar refractivity (Wildman–Crippen MR) is 66.6 cm³/mol. The van der Waals surface area contributed by atoms with E-state index in [9.17, 15) is 5.11 Å². The zero-order chi connectivity index (χ0) is 11.6. The summed E-state index contributed by atoms with van der Waals surface area (Å²) in [5, 5.41) is 11.7. The van der Waals surface area contributed by atoms with Crippen LogP contribution in [0, 0.1) is 0 Å². The van der Waals surface area contributed by atoms with E-state index in [1.165, 1.54) is 0 Å². The Morgan fingerprint density at radius 3 is 2.75 bits per heavy atom. The Bertz CT molecular complexity index is 488. The van der Waals surface area contributed by atoms with E-state index in [0.29, 0.717) is 5.75 Å². The summed E-state index contributed by atoms with van der Waals surface area (Å²) in [5.74, 6) is 0.619. The SMILES string of the molecule is CC(C)(O)CSc1ncnc2ccccc12. The van der Waals surface area contributed by atoms with E-state index in [4.69, 9.17) is 0 Å². The van der Waals surface area contributed by atoms with Crippen LogP contribution in [0.1, 0.15) is 13.8 Å². The molecule has 1 heterocycles. The predicted octanol–water partition coefficient (Wildman–Crippen LogP) is 2.49. The van der Waals surface area contributed by atoms with Crippen molar-refractivity contribution in [2.75, 3.05) is 5.75 Å². The third-order valence-electron chi connectivity index (χ3n) is 2.07. The number of hydrogen-bond acceptors (Lipinski definition) is 4. The lowest BCUT2D eigenvalue weighted by molar-refractivity contribution is 0.107. The fourth-order valence-electron chi connectivity index (χ4n) is 1.34. The van der Waals surface area contributed by atoms with Crippen LogP contribution in [0.4, 0.5) is 0 Å². The third kappa shape index (κ3) is 2.71. The van der Waals surface area contributed by atoms with Crippen LogP contribution in [0.25, 0.3) is 10.9 Å². The summed E-state index contributed by atoms with van der Waals surface area (Å²) in [4.78, 5) is 8.45. The van der Waals surface area contributed by atoms with Crippen LogP contribution < -0.4 is 0 Å². The first-order valence-electron chi connectivity index (χ1n) is 5.11. The average molecular weight is 234 g/mol. The highest BCUT2D eigenvalue weighted by atomic mass is 32.2. The number of benzene rings is 1. The van der Waals surface area contributed by atoms with E-state index >= 15 is 0 Å². The van der Waals surface area contributed by atoms with E-state index in [1.807, 2.05) is 24.3 Å². The second kappa shape index (κ2) is 4.39. The number of fused-ring (bicyclic) bond motifs is 1. The second-order valence-corrected chi connectivity index (χ2v) is 5.26. The van der Waals surface area contributed by atoms with E-state index in [-0.39, 0.29) is 0 Å². The van der Waals surface area contributed by atoms with E-state index in [1.54, 1.807) is 31.9 Å². The molecule has 0 atom stereocenters. The maximum atomic E-state index is 9.69. The topological polar surface area (TPSA) is 46.0 Å². The van der Waals surface area contributed by atoms with Gasteiger partial charge in [0.05, 0.1) is 11.1 Å². The van der Waals surface area contributed by atoms with Crippen molar-refractivity contribution in [3.8, 4) is 0 Å². The molecular formula is C12H14N2OS. The number of aliphatic hydroxyl groups is 1. The van der Waals surface area contributed by atoms with Gasteiger partial charge in [-0.3, -0.25) is 0 Å². The van der Waals surface area contributed by atoms with Gasteiger partial charge in [-0.2, -0.15) is 0 Å². The van der Waals surface area contributed by atoms with Crippen molar-refractivity contribution in [3.05, 3.63) is 30.6 Å². The van der Waals surface area contributed by atoms with Crippen LogP contribution in [0.5, 0.6) is 0 Å². The largest absolute Gasteiger partial charge is 0.390 e. The lowest BCUT2D eigenvalue weighted by atomic mass is 10.2. The Kier molecular flexibility index (Phi) is 3.12. The van der Waals surface area contributed by atoms with Crippen LogP contribution in [-0.2, 0) is 0 Å². The maximum Gasteiger partial charge on any atom is 0.117 e. The molecular weight excluding hydrogens is 220 g/mol. The normalized spacial score (nSPS) is 11.9. The molecule has 3 nitrogen and oxygen atoms in total. The molecule has 0 amide bonds. The molecule has 2 aromatic rings. The van der Waals surface area contributed by atoms with Crippen molar-refractivity contribution in [1.29, 1.82) is 0 Å². The molecule has 0 bridgehead atoms. The van der Waals surface area contributed by atoms with Gasteiger partial charge in [-0.1, -0.05) is 18.2 Å². The first kappa shape index (κ1) is 11.4. The minimum atomic E-state index is -0.684. The smallest absolute Gasteiger partial charge is 0.117 e. The maximum absolute atomic E-state index is 9.69. The van der Waals surface area contributed by atoms with Gasteiger partial charge >= 0.3 is 0 Å². The fraction of sp³-hybridized carbons (Fsp3) is 0.333. The zero-order valence-corrected chi connectivity index (χ0v) is 10.2. The van der Waals surface area contributed by atoms with Crippen molar-refractivity contribution in [3.63, 3.8) is 0 Å². The minimum Gasteiger partial charge on any atom is -0.390 e. The molecule has 0 aliphatic rings. The quantitative estimate of drug-likeness (QED) is 0.654. The first-order chi connectivity index (χ1) is 7.56. The molecule has 1 aromatic carbocycles. The minimum absolute atomic E-state index is 0.619. The lowest BCUT2D eigenvalue weighted by Gasteiger charge is -2.16. The standard InChI is InChI=1S/C12H14N2OS/c1-12(2,15)7-16-11-9-5-3-4-6-10(9)13-8-14-11/h3-6,8,15H,7H2,1-2H3. The van der Waals surface area contributed by atoms with Crippen molar-refractivity contribution in [2.45, 2.75) is 24.5 Å². The molecule has 16 heavy (non-hydrogen) atoms. The monoisotopic (exact) mass is 234 g/mol. The molecule has 0 unspecified atom stereocenters. The van der Waals surface area contributed by atoms with Crippen molar-refractivity contribution < 1.29 is 5.11 Å². The number of hydrogen-bond donors (Lipinski definition) is 1. The Balaban J connectivity index is 2.30. The van der Waals surface area contributed by atoms with Gasteiger partial charge in [-0.25, -0.2) is 9.97 Å². The highest BCUT2D eigenvalue weighted by Crippen LogP contribution is 2.26. The molecule has 0 spiro atoms. The van der Waals surface area contributed by atoms with Gasteiger partial charge in [-0.15, -0.1) is 11.8 Å². The summed E-state index contributed by atoms with van der Waals surface area (Å²) < 4.78 is 0. The van der Waals surface area contributed by atoms with Crippen molar-refractivity contribution >= 4 is 22.7 Å². The van der Waals surface area contributed by atoms with Crippen LogP contribution in [0.2, 0.25) is 0 Å². The molecule has 4 heteroatoms. The summed E-state index contributed by atoms with van der Waals surface area (Å²) in [6.45, 7) is 3.59. The molecule has 0 fully saturated rings. The highest BCUT2D eigenvalue weighted by Gasteiger charge is 2.14. The molecule has 1 aromatic heterocycles. The van der Waals surface area contributed by atoms with Gasteiger partial charge in [-0.05, 0) is 19.9 Å². The molecule has 0 saturated carbocycles. The Hall–Kier alpha value is -1.13. The third-order valence-corrected chi connectivity index (χ3v) is 3.52. The number of nitrogens with zero attached hydrogens (tertiary/aromatic N) is 2. The fourth-order valence-corrected chi connectivity index (χ4v) is 2.28. The summed E-state index contributed by atoms with van der Waals surface area (Å²) in [6.07, 6.45) is 1.56. The number of aromatic nitrogens is 2. The summed E-state index contributed by atoms with van der Waals surface area (Å²) in [6, 6.07) is 7.90. The molecule has 0 aliphatic heterocycles. The van der Waals surface area contributed by atoms with Gasteiger partial charge in [0.15, 0.2) is 0 Å². The van der Waals surface area contributed by atoms with Crippen molar-refractivity contribution in [1.82, 2.24) is 9.97 Å². The number of rotatable bonds is 3. The molecule has 0 aliphatic carbocycles. The Morgan fingerprint density at radius 2 is 2.00 bits per heavy atom. The molecule has 84 valence electrons. The molecule has 2 rings (SSSR count). The molecule has 0 saturated heterocycles. The van der Waals surface area contributed by atoms with Crippen molar-refractivity contribution in [2.24, 2.45) is 0 Å². The van der Waals surface area contributed by atoms with Crippen LogP contribution >= 0.6 is 11.8 Å². The van der Waals surface area contributed by atoms with Gasteiger partial charge in [0.25, 0.3) is 0 Å². The highest BCUT2D eigenvalue weighted by molar-refractivity contribution is 7.99. The Labute approximate surface area is 98.9 Å². The van der Waals surface area contributed by atoms with Crippen LogP contribution in [-0.4, -0.2) is 26.4 Å². The molecule has 1 N–H and O–H groups in total. The Morgan fingerprint density at radius 1 is 1.25 bits per heavy atom. The summed E-state index contributed by atoms with van der Waals surface area (Å²) in [5.41, 5.74) is 0.257. The lowest BCUT2D eigenvalue weighted by Crippen LogP contribution is -2.21. The van der Waals surface area contributed by atoms with E-state index in [2.05, 4.69) is 9.97 Å². The average Bonchev–Trinajstić information content (AvgIpc) is 2.25. The summed E-state index contributed by atoms with van der Waals surface area (Å²) >= 11 is 1.56. The second-order valence-electron chi connectivity index (χ2n) is 4.30. The summed E-state index contributed by atoms with van der Waals surface area (Å²) in [7, 11) is 0. The van der Waals surface area contributed by atoms with Gasteiger partial charge in [0.2, 0.25) is 0 Å². The van der Waals surface area contributed by atoms with Crippen LogP contribution in [0.15, 0.2) is 35.6 Å².